The first-order valence-corrected chi connectivity index (χ1v) is 11.4. The van der Waals surface area contributed by atoms with Crippen LogP contribution in [-0.4, -0.2) is 19.2 Å². The first kappa shape index (κ1) is 25.0. The Bertz CT molecular complexity index is 837. The van der Waals surface area contributed by atoms with Crippen LogP contribution in [0.15, 0.2) is 61.4 Å². The van der Waals surface area contributed by atoms with Crippen LogP contribution in [0.2, 0.25) is 0 Å². The van der Waals surface area contributed by atoms with Crippen molar-refractivity contribution in [3.05, 3.63) is 72.5 Å². The maximum atomic E-state index is 12.2. The van der Waals surface area contributed by atoms with Gasteiger partial charge in [0, 0.05) is 0 Å². The summed E-state index contributed by atoms with van der Waals surface area (Å²) in [5.41, 5.74) is 0.975. The van der Waals surface area contributed by atoms with Crippen LogP contribution < -0.4 is 9.47 Å². The zero-order valence-corrected chi connectivity index (χ0v) is 18.8. The first-order valence-electron chi connectivity index (χ1n) is 11.4. The van der Waals surface area contributed by atoms with Gasteiger partial charge in [-0.1, -0.05) is 51.5 Å². The van der Waals surface area contributed by atoms with E-state index in [4.69, 9.17) is 19.5 Å². The average molecular weight is 436 g/mol. The Morgan fingerprint density at radius 1 is 0.781 bits per heavy atom. The van der Waals surface area contributed by atoms with Gasteiger partial charge in [0.1, 0.15) is 11.5 Å². The maximum absolute atomic E-state index is 12.2. The minimum absolute atomic E-state index is 0.410. The predicted octanol–water partition coefficient (Wildman–Crippen LogP) is 6.83. The number of esters is 1. The van der Waals surface area contributed by atoms with Crippen molar-refractivity contribution in [2.24, 2.45) is 0 Å². The number of rotatable bonds is 16. The van der Waals surface area contributed by atoms with Crippen LogP contribution in [0.3, 0.4) is 0 Å². The maximum Gasteiger partial charge on any atom is 0.343 e. The third-order valence-electron chi connectivity index (χ3n) is 5.08. The zero-order chi connectivity index (χ0) is 22.9. The second-order valence-electron chi connectivity index (χ2n) is 7.62. The molecule has 0 radical (unpaired) electrons. The molecular formula is C27H33NO4. The van der Waals surface area contributed by atoms with E-state index < -0.39 is 5.97 Å². The summed E-state index contributed by atoms with van der Waals surface area (Å²) in [5.74, 6) is 0.721. The van der Waals surface area contributed by atoms with Gasteiger partial charge in [-0.25, -0.2) is 4.79 Å². The summed E-state index contributed by atoms with van der Waals surface area (Å²) in [6.07, 6.45) is 12.4. The topological polar surface area (TPSA) is 68.6 Å². The Balaban J connectivity index is 1.53. The zero-order valence-electron chi connectivity index (χ0n) is 18.8. The second kappa shape index (κ2) is 15.5. The molecule has 0 N–H and O–H groups in total. The molecule has 0 atom stereocenters. The average Bonchev–Trinajstić information content (AvgIpc) is 2.83. The lowest BCUT2D eigenvalue weighted by molar-refractivity contribution is 0.0734. The quantitative estimate of drug-likeness (QED) is 0.125. The van der Waals surface area contributed by atoms with E-state index in [0.29, 0.717) is 23.5 Å². The Morgan fingerprint density at radius 2 is 1.31 bits per heavy atom. The van der Waals surface area contributed by atoms with Gasteiger partial charge in [0.05, 0.1) is 36.7 Å². The van der Waals surface area contributed by atoms with Crippen LogP contribution in [0.4, 0.5) is 0 Å². The summed E-state index contributed by atoms with van der Waals surface area (Å²) < 4.78 is 16.2. The molecule has 2 aromatic carbocycles. The lowest BCUT2D eigenvalue weighted by Crippen LogP contribution is -2.08. The Kier molecular flexibility index (Phi) is 12.1. The number of benzene rings is 2. The van der Waals surface area contributed by atoms with Crippen LogP contribution in [-0.2, 0) is 4.74 Å². The van der Waals surface area contributed by atoms with Crippen molar-refractivity contribution < 1.29 is 19.0 Å². The normalized spacial score (nSPS) is 10.2. The van der Waals surface area contributed by atoms with Gasteiger partial charge in [-0.2, -0.15) is 5.26 Å². The predicted molar refractivity (Wildman–Crippen MR) is 126 cm³/mol. The largest absolute Gasteiger partial charge is 0.502 e. The lowest BCUT2D eigenvalue weighted by Gasteiger charge is -2.08. The summed E-state index contributed by atoms with van der Waals surface area (Å²) >= 11 is 0. The Labute approximate surface area is 191 Å². The number of nitriles is 1. The number of carbonyl (C=O) groups is 1. The highest BCUT2D eigenvalue weighted by molar-refractivity contribution is 5.91. The van der Waals surface area contributed by atoms with Gasteiger partial charge in [0.25, 0.3) is 0 Å². The third-order valence-corrected chi connectivity index (χ3v) is 5.08. The molecule has 5 nitrogen and oxygen atoms in total. The van der Waals surface area contributed by atoms with Gasteiger partial charge < -0.3 is 14.2 Å². The van der Waals surface area contributed by atoms with Crippen molar-refractivity contribution >= 4 is 5.97 Å². The van der Waals surface area contributed by atoms with E-state index in [1.807, 2.05) is 6.07 Å². The molecule has 0 aliphatic rings. The van der Waals surface area contributed by atoms with Crippen molar-refractivity contribution in [1.82, 2.24) is 0 Å². The summed E-state index contributed by atoms with van der Waals surface area (Å²) in [5, 5.41) is 8.81. The molecule has 2 rings (SSSR count). The van der Waals surface area contributed by atoms with E-state index >= 15 is 0 Å². The molecule has 0 heterocycles. The molecule has 170 valence electrons. The number of hydrogen-bond donors (Lipinski definition) is 0. The smallest absolute Gasteiger partial charge is 0.343 e. The molecule has 0 fully saturated rings. The van der Waals surface area contributed by atoms with Crippen molar-refractivity contribution in [2.75, 3.05) is 13.2 Å². The molecule has 0 amide bonds. The number of nitrogens with zero attached hydrogens (tertiary/aromatic N) is 1. The van der Waals surface area contributed by atoms with Crippen LogP contribution >= 0.6 is 0 Å². The highest BCUT2D eigenvalue weighted by Crippen LogP contribution is 2.17. The van der Waals surface area contributed by atoms with E-state index in [0.717, 1.165) is 25.2 Å². The van der Waals surface area contributed by atoms with Crippen molar-refractivity contribution in [1.29, 1.82) is 5.26 Å². The third kappa shape index (κ3) is 10.2. The van der Waals surface area contributed by atoms with Gasteiger partial charge in [-0.05, 0) is 61.4 Å². The number of carbonyl (C=O) groups excluding carboxylic acids is 1. The minimum Gasteiger partial charge on any atom is -0.502 e. The van der Waals surface area contributed by atoms with Crippen LogP contribution in [0, 0.1) is 11.3 Å². The summed E-state index contributed by atoms with van der Waals surface area (Å²) in [4.78, 5) is 12.2. The number of hydrogen-bond acceptors (Lipinski definition) is 5. The van der Waals surface area contributed by atoms with E-state index in [1.165, 1.54) is 51.2 Å². The first-order chi connectivity index (χ1) is 15.7. The fourth-order valence-corrected chi connectivity index (χ4v) is 3.25. The molecule has 0 aliphatic heterocycles. The number of ether oxygens (including phenoxy) is 3. The highest BCUT2D eigenvalue weighted by atomic mass is 16.5. The van der Waals surface area contributed by atoms with E-state index in [-0.39, 0.29) is 0 Å². The monoisotopic (exact) mass is 435 g/mol. The van der Waals surface area contributed by atoms with Gasteiger partial charge in [-0.15, -0.1) is 0 Å². The molecule has 0 aliphatic carbocycles. The SMILES string of the molecule is C=COCCCCCCCCCCCOc1ccc(C(=O)Oc2ccc(C#N)cc2)cc1. The molecular weight excluding hydrogens is 402 g/mol. The van der Waals surface area contributed by atoms with Crippen LogP contribution in [0.1, 0.15) is 73.7 Å². The summed E-state index contributed by atoms with van der Waals surface area (Å²) in [6, 6.07) is 15.4. The van der Waals surface area contributed by atoms with E-state index in [1.54, 1.807) is 48.5 Å². The van der Waals surface area contributed by atoms with E-state index in [2.05, 4.69) is 6.58 Å². The van der Waals surface area contributed by atoms with Crippen molar-refractivity contribution in [3.63, 3.8) is 0 Å². The van der Waals surface area contributed by atoms with Gasteiger partial charge in [0.15, 0.2) is 0 Å². The molecule has 0 spiro atoms. The molecule has 32 heavy (non-hydrogen) atoms. The van der Waals surface area contributed by atoms with Gasteiger partial charge in [0.2, 0.25) is 0 Å². The van der Waals surface area contributed by atoms with E-state index in [9.17, 15) is 4.79 Å². The Hall–Kier alpha value is -3.26. The van der Waals surface area contributed by atoms with Gasteiger partial charge in [-0.3, -0.25) is 0 Å². The lowest BCUT2D eigenvalue weighted by atomic mass is 10.1. The van der Waals surface area contributed by atoms with Gasteiger partial charge >= 0.3 is 5.97 Å². The summed E-state index contributed by atoms with van der Waals surface area (Å²) in [7, 11) is 0. The minimum atomic E-state index is -0.439. The Morgan fingerprint density at radius 3 is 1.88 bits per heavy atom. The molecule has 0 bridgehead atoms. The summed E-state index contributed by atoms with van der Waals surface area (Å²) in [6.45, 7) is 5.00. The van der Waals surface area contributed by atoms with Crippen LogP contribution in [0.25, 0.3) is 0 Å². The molecule has 0 unspecified atom stereocenters. The van der Waals surface area contributed by atoms with Crippen molar-refractivity contribution in [2.45, 2.75) is 57.8 Å². The standard InChI is InChI=1S/C27H33NO4/c1-2-30-20-10-8-6-4-3-5-7-9-11-21-31-25-18-14-24(15-19-25)27(29)32-26-16-12-23(22-28)13-17-26/h2,12-19H,1,3-11,20-21H2. The highest BCUT2D eigenvalue weighted by Gasteiger charge is 2.09. The molecule has 0 aromatic heterocycles. The fourth-order valence-electron chi connectivity index (χ4n) is 3.25. The number of unbranched alkanes of at least 4 members (excludes halogenated alkanes) is 8. The molecule has 5 heteroatoms. The molecule has 2 aromatic rings. The second-order valence-corrected chi connectivity index (χ2v) is 7.62. The molecule has 0 saturated heterocycles. The fraction of sp³-hybridized carbons (Fsp3) is 0.407. The molecule has 0 saturated carbocycles. The van der Waals surface area contributed by atoms with Crippen LogP contribution in [0.5, 0.6) is 11.5 Å². The van der Waals surface area contributed by atoms with Crippen molar-refractivity contribution in [3.8, 4) is 17.6 Å².